The van der Waals surface area contributed by atoms with Crippen LogP contribution in [0.25, 0.3) is 0 Å². The van der Waals surface area contributed by atoms with E-state index in [1.807, 2.05) is 23.4 Å². The number of aryl methyl sites for hydroxylation is 1. The number of pyridine rings is 1. The van der Waals surface area contributed by atoms with Crippen LogP contribution < -0.4 is 10.6 Å². The van der Waals surface area contributed by atoms with Crippen LogP contribution in [0.4, 0.5) is 5.69 Å². The van der Waals surface area contributed by atoms with Gasteiger partial charge in [-0.15, -0.1) is 0 Å². The van der Waals surface area contributed by atoms with Gasteiger partial charge in [-0.25, -0.2) is 0 Å². The van der Waals surface area contributed by atoms with E-state index in [0.29, 0.717) is 12.8 Å². The summed E-state index contributed by atoms with van der Waals surface area (Å²) >= 11 is 0. The van der Waals surface area contributed by atoms with Gasteiger partial charge in [0.05, 0.1) is 6.10 Å². The van der Waals surface area contributed by atoms with E-state index in [0.717, 1.165) is 38.2 Å². The number of rotatable bonds is 2. The van der Waals surface area contributed by atoms with Crippen LogP contribution in [0.3, 0.4) is 0 Å². The van der Waals surface area contributed by atoms with E-state index in [1.165, 1.54) is 5.69 Å². The summed E-state index contributed by atoms with van der Waals surface area (Å²) in [6, 6.07) is 1.78. The first-order chi connectivity index (χ1) is 11.1. The zero-order valence-corrected chi connectivity index (χ0v) is 13.7. The molecule has 3 N–H and O–H groups in total. The van der Waals surface area contributed by atoms with E-state index in [4.69, 9.17) is 5.73 Å². The molecule has 2 aliphatic rings. The molecular formula is C17H26N4O2. The Kier molecular flexibility index (Phi) is 4.82. The van der Waals surface area contributed by atoms with E-state index in [1.54, 1.807) is 0 Å². The van der Waals surface area contributed by atoms with Crippen molar-refractivity contribution in [1.29, 1.82) is 0 Å². The van der Waals surface area contributed by atoms with Crippen molar-refractivity contribution in [1.82, 2.24) is 9.88 Å². The molecule has 2 fully saturated rings. The highest BCUT2D eigenvalue weighted by Crippen LogP contribution is 2.27. The highest BCUT2D eigenvalue weighted by atomic mass is 16.3. The third kappa shape index (κ3) is 3.48. The molecule has 23 heavy (non-hydrogen) atoms. The molecule has 126 valence electrons. The largest absolute Gasteiger partial charge is 0.391 e. The van der Waals surface area contributed by atoms with Gasteiger partial charge in [-0.2, -0.15) is 0 Å². The number of nitrogens with two attached hydrogens (primary N) is 1. The zero-order valence-electron chi connectivity index (χ0n) is 13.7. The summed E-state index contributed by atoms with van der Waals surface area (Å²) in [5.74, 6) is 0.0412. The lowest BCUT2D eigenvalue weighted by Gasteiger charge is -2.26. The number of hydrogen-bond acceptors (Lipinski definition) is 5. The first kappa shape index (κ1) is 16.2. The number of aromatic nitrogens is 1. The van der Waals surface area contributed by atoms with Crippen molar-refractivity contribution in [2.75, 3.05) is 31.1 Å². The van der Waals surface area contributed by atoms with Gasteiger partial charge in [0.2, 0.25) is 5.91 Å². The highest BCUT2D eigenvalue weighted by Gasteiger charge is 2.37. The molecule has 1 saturated carbocycles. The molecule has 1 saturated heterocycles. The van der Waals surface area contributed by atoms with Crippen molar-refractivity contribution in [2.24, 2.45) is 11.7 Å². The molecular weight excluding hydrogens is 292 g/mol. The van der Waals surface area contributed by atoms with Gasteiger partial charge in [-0.1, -0.05) is 0 Å². The molecule has 1 aliphatic heterocycles. The molecule has 1 aliphatic carbocycles. The monoisotopic (exact) mass is 318 g/mol. The van der Waals surface area contributed by atoms with Crippen LogP contribution in [0.1, 0.15) is 24.8 Å². The summed E-state index contributed by atoms with van der Waals surface area (Å²) < 4.78 is 0. The topological polar surface area (TPSA) is 82.7 Å². The normalized spacial score (nSPS) is 28.7. The van der Waals surface area contributed by atoms with Gasteiger partial charge in [0, 0.05) is 56.2 Å². The van der Waals surface area contributed by atoms with E-state index in [9.17, 15) is 9.90 Å². The Morgan fingerprint density at radius 2 is 2.13 bits per heavy atom. The number of carbonyl (C=O) groups is 1. The summed E-state index contributed by atoms with van der Waals surface area (Å²) in [6.07, 6.45) is 5.22. The molecule has 0 spiro atoms. The number of hydrogen-bond donors (Lipinski definition) is 2. The van der Waals surface area contributed by atoms with Crippen LogP contribution in [0, 0.1) is 12.8 Å². The van der Waals surface area contributed by atoms with Crippen molar-refractivity contribution < 1.29 is 9.90 Å². The Labute approximate surface area is 137 Å². The third-order valence-electron chi connectivity index (χ3n) is 5.07. The quantitative estimate of drug-likeness (QED) is 0.831. The second-order valence-electron chi connectivity index (χ2n) is 6.73. The van der Waals surface area contributed by atoms with Crippen LogP contribution in [0.2, 0.25) is 0 Å². The smallest absolute Gasteiger partial charge is 0.225 e. The number of carbonyl (C=O) groups excluding carboxylic acids is 1. The number of anilines is 1. The van der Waals surface area contributed by atoms with Crippen molar-refractivity contribution >= 4 is 11.6 Å². The third-order valence-corrected chi connectivity index (χ3v) is 5.07. The maximum Gasteiger partial charge on any atom is 0.225 e. The van der Waals surface area contributed by atoms with Crippen LogP contribution >= 0.6 is 0 Å². The van der Waals surface area contributed by atoms with Crippen LogP contribution in [0.5, 0.6) is 0 Å². The predicted molar refractivity (Wildman–Crippen MR) is 89.1 cm³/mol. The summed E-state index contributed by atoms with van der Waals surface area (Å²) in [6.45, 7) is 5.35. The number of aliphatic hydroxyl groups excluding tert-OH is 1. The fraction of sp³-hybridized carbons (Fsp3) is 0.647. The maximum absolute atomic E-state index is 12.7. The fourth-order valence-electron chi connectivity index (χ4n) is 3.71. The Morgan fingerprint density at radius 1 is 1.30 bits per heavy atom. The first-order valence-corrected chi connectivity index (χ1v) is 8.44. The molecule has 1 amide bonds. The van der Waals surface area contributed by atoms with Gasteiger partial charge < -0.3 is 20.6 Å². The number of nitrogens with zero attached hydrogens (tertiary/aromatic N) is 3. The molecule has 2 heterocycles. The number of aliphatic hydroxyl groups is 1. The summed E-state index contributed by atoms with van der Waals surface area (Å²) in [5.41, 5.74) is 8.21. The fourth-order valence-corrected chi connectivity index (χ4v) is 3.71. The van der Waals surface area contributed by atoms with Gasteiger partial charge in [-0.05, 0) is 37.8 Å². The van der Waals surface area contributed by atoms with Crippen LogP contribution in [0.15, 0.2) is 18.5 Å². The Hall–Kier alpha value is -1.66. The van der Waals surface area contributed by atoms with Crippen molar-refractivity contribution in [3.63, 3.8) is 0 Å². The van der Waals surface area contributed by atoms with Crippen molar-refractivity contribution in [3.8, 4) is 0 Å². The summed E-state index contributed by atoms with van der Waals surface area (Å²) in [4.78, 5) is 21.1. The van der Waals surface area contributed by atoms with Gasteiger partial charge in [0.1, 0.15) is 0 Å². The Morgan fingerprint density at radius 3 is 2.83 bits per heavy atom. The lowest BCUT2D eigenvalue weighted by molar-refractivity contribution is -0.135. The molecule has 3 atom stereocenters. The van der Waals surface area contributed by atoms with Crippen LogP contribution in [-0.2, 0) is 4.79 Å². The number of amides is 1. The van der Waals surface area contributed by atoms with Gasteiger partial charge in [0.25, 0.3) is 0 Å². The second-order valence-corrected chi connectivity index (χ2v) is 6.73. The molecule has 6 nitrogen and oxygen atoms in total. The average Bonchev–Trinajstić information content (AvgIpc) is 2.76. The van der Waals surface area contributed by atoms with E-state index < -0.39 is 6.10 Å². The Bertz CT molecular complexity index is 555. The molecule has 0 aromatic carbocycles. The lowest BCUT2D eigenvalue weighted by Crippen LogP contribution is -2.38. The van der Waals surface area contributed by atoms with Crippen LogP contribution in [-0.4, -0.2) is 59.2 Å². The van der Waals surface area contributed by atoms with E-state index >= 15 is 0 Å². The SMILES string of the molecule is Cc1cnccc1N1CCCN(C(=O)[C@H]2C[C@H](N)[C@@H](O)C2)CC1. The molecule has 0 radical (unpaired) electrons. The second kappa shape index (κ2) is 6.84. The van der Waals surface area contributed by atoms with E-state index in [-0.39, 0.29) is 17.9 Å². The van der Waals surface area contributed by atoms with E-state index in [2.05, 4.69) is 16.8 Å². The molecule has 3 rings (SSSR count). The van der Waals surface area contributed by atoms with Crippen molar-refractivity contribution in [3.05, 3.63) is 24.0 Å². The molecule has 0 unspecified atom stereocenters. The van der Waals surface area contributed by atoms with Gasteiger partial charge >= 0.3 is 0 Å². The predicted octanol–water partition coefficient (Wildman–Crippen LogP) is 0.527. The minimum atomic E-state index is -0.535. The molecule has 1 aromatic rings. The van der Waals surface area contributed by atoms with Gasteiger partial charge in [0.15, 0.2) is 0 Å². The lowest BCUT2D eigenvalue weighted by atomic mass is 10.1. The average molecular weight is 318 g/mol. The molecule has 6 heteroatoms. The minimum absolute atomic E-state index is 0.116. The Balaban J connectivity index is 1.63. The minimum Gasteiger partial charge on any atom is -0.391 e. The first-order valence-electron chi connectivity index (χ1n) is 8.44. The summed E-state index contributed by atoms with van der Waals surface area (Å²) in [7, 11) is 0. The molecule has 0 bridgehead atoms. The standard InChI is InChI=1S/C17H26N4O2/c1-12-11-19-4-3-15(12)20-5-2-6-21(8-7-20)17(23)13-9-14(18)16(22)10-13/h3-4,11,13-14,16,22H,2,5-10,18H2,1H3/t13-,14-,16-/m0/s1. The highest BCUT2D eigenvalue weighted by molar-refractivity contribution is 5.79. The van der Waals surface area contributed by atoms with Gasteiger partial charge in [-0.3, -0.25) is 9.78 Å². The summed E-state index contributed by atoms with van der Waals surface area (Å²) in [5, 5.41) is 9.78. The maximum atomic E-state index is 12.7. The molecule has 1 aromatic heterocycles. The zero-order chi connectivity index (χ0) is 16.4. The van der Waals surface area contributed by atoms with Crippen molar-refractivity contribution in [2.45, 2.75) is 38.3 Å².